The second-order valence-corrected chi connectivity index (χ2v) is 8.06. The second-order valence-electron chi connectivity index (χ2n) is 6.81. The standard InChI is InChI=1S/C18H21N3O3S/c1-12-8-15(25-13(12)2)16(22)21-10-18(11-21)9-14(4-7-23-18)24-17-19-5-3-6-20-17/h3,5-6,8,14H,4,7,9-11H2,1-2H3/t14-/m0/s1. The van der Waals surface area contributed by atoms with Gasteiger partial charge in [0.25, 0.3) is 5.91 Å². The van der Waals surface area contributed by atoms with Crippen LogP contribution in [0.5, 0.6) is 6.01 Å². The third kappa shape index (κ3) is 3.26. The van der Waals surface area contributed by atoms with Gasteiger partial charge in [-0.25, -0.2) is 9.97 Å². The van der Waals surface area contributed by atoms with Gasteiger partial charge in [-0.05, 0) is 31.5 Å². The van der Waals surface area contributed by atoms with Gasteiger partial charge in [-0.3, -0.25) is 4.79 Å². The third-order valence-electron chi connectivity index (χ3n) is 4.88. The highest BCUT2D eigenvalue weighted by Crippen LogP contribution is 2.37. The summed E-state index contributed by atoms with van der Waals surface area (Å²) in [6.07, 6.45) is 4.95. The maximum absolute atomic E-state index is 12.6. The number of thiophene rings is 1. The van der Waals surface area contributed by atoms with Crippen molar-refractivity contribution in [1.82, 2.24) is 14.9 Å². The summed E-state index contributed by atoms with van der Waals surface area (Å²) in [6, 6.07) is 4.15. The molecule has 2 saturated heterocycles. The molecule has 2 aliphatic heterocycles. The van der Waals surface area contributed by atoms with Crippen LogP contribution in [0.1, 0.15) is 33.0 Å². The van der Waals surface area contributed by atoms with Crippen LogP contribution in [-0.4, -0.2) is 52.2 Å². The van der Waals surface area contributed by atoms with Crippen molar-refractivity contribution in [2.45, 2.75) is 38.4 Å². The Hall–Kier alpha value is -1.99. The molecule has 6 nitrogen and oxygen atoms in total. The first-order chi connectivity index (χ1) is 12.0. The normalized spacial score (nSPS) is 21.8. The fraction of sp³-hybridized carbons (Fsp3) is 0.500. The smallest absolute Gasteiger partial charge is 0.316 e. The summed E-state index contributed by atoms with van der Waals surface area (Å²) in [4.78, 5) is 24.7. The number of amides is 1. The van der Waals surface area contributed by atoms with Gasteiger partial charge in [-0.1, -0.05) is 0 Å². The van der Waals surface area contributed by atoms with Crippen molar-refractivity contribution in [3.63, 3.8) is 0 Å². The molecule has 0 unspecified atom stereocenters. The van der Waals surface area contributed by atoms with Crippen LogP contribution in [0.3, 0.4) is 0 Å². The average Bonchev–Trinajstić information content (AvgIpc) is 2.92. The number of carbonyl (C=O) groups excluding carboxylic acids is 1. The molecule has 132 valence electrons. The van der Waals surface area contributed by atoms with Crippen molar-refractivity contribution in [2.75, 3.05) is 19.7 Å². The molecule has 1 amide bonds. The van der Waals surface area contributed by atoms with Crippen molar-refractivity contribution in [2.24, 2.45) is 0 Å². The molecule has 2 aliphatic rings. The molecule has 2 aromatic heterocycles. The highest BCUT2D eigenvalue weighted by molar-refractivity contribution is 7.14. The lowest BCUT2D eigenvalue weighted by molar-refractivity contribution is -0.174. The molecular formula is C18H21N3O3S. The first-order valence-electron chi connectivity index (χ1n) is 8.49. The molecule has 0 N–H and O–H groups in total. The average molecular weight is 359 g/mol. The summed E-state index contributed by atoms with van der Waals surface area (Å²) in [7, 11) is 0. The minimum atomic E-state index is -0.283. The Bertz CT molecular complexity index is 752. The molecule has 4 heterocycles. The van der Waals surface area contributed by atoms with Crippen molar-refractivity contribution in [3.8, 4) is 6.01 Å². The van der Waals surface area contributed by atoms with E-state index in [0.717, 1.165) is 17.7 Å². The lowest BCUT2D eigenvalue weighted by Gasteiger charge is -2.52. The molecule has 0 radical (unpaired) electrons. The van der Waals surface area contributed by atoms with Crippen molar-refractivity contribution in [1.29, 1.82) is 0 Å². The highest BCUT2D eigenvalue weighted by Gasteiger charge is 2.50. The van der Waals surface area contributed by atoms with E-state index in [0.29, 0.717) is 25.7 Å². The number of hydrogen-bond donors (Lipinski definition) is 0. The van der Waals surface area contributed by atoms with Gasteiger partial charge in [0, 0.05) is 30.1 Å². The van der Waals surface area contributed by atoms with Crippen LogP contribution in [0.15, 0.2) is 24.5 Å². The second kappa shape index (κ2) is 6.38. The largest absolute Gasteiger partial charge is 0.460 e. The van der Waals surface area contributed by atoms with E-state index in [1.807, 2.05) is 24.8 Å². The number of carbonyl (C=O) groups is 1. The lowest BCUT2D eigenvalue weighted by Crippen LogP contribution is -2.67. The number of likely N-dealkylation sites (tertiary alicyclic amines) is 1. The number of rotatable bonds is 3. The molecule has 1 spiro atoms. The van der Waals surface area contributed by atoms with Gasteiger partial charge in [-0.2, -0.15) is 0 Å². The Morgan fingerprint density at radius 2 is 2.12 bits per heavy atom. The Labute approximate surface area is 150 Å². The fourth-order valence-corrected chi connectivity index (χ4v) is 4.43. The van der Waals surface area contributed by atoms with Gasteiger partial charge < -0.3 is 14.4 Å². The van der Waals surface area contributed by atoms with Crippen LogP contribution in [0.4, 0.5) is 0 Å². The Morgan fingerprint density at radius 1 is 1.36 bits per heavy atom. The van der Waals surface area contributed by atoms with Crippen molar-refractivity contribution in [3.05, 3.63) is 39.8 Å². The molecule has 1 atom stereocenters. The Balaban J connectivity index is 1.37. The fourth-order valence-electron chi connectivity index (χ4n) is 3.43. The van der Waals surface area contributed by atoms with Gasteiger partial charge in [-0.15, -0.1) is 11.3 Å². The third-order valence-corrected chi connectivity index (χ3v) is 6.02. The number of aryl methyl sites for hydroxylation is 2. The molecule has 4 rings (SSSR count). The summed E-state index contributed by atoms with van der Waals surface area (Å²) in [5.74, 6) is 0.102. The number of aromatic nitrogens is 2. The van der Waals surface area contributed by atoms with E-state index in [1.165, 1.54) is 10.4 Å². The number of ether oxygens (including phenoxy) is 2. The topological polar surface area (TPSA) is 64.6 Å². The molecule has 0 bridgehead atoms. The predicted molar refractivity (Wildman–Crippen MR) is 94.1 cm³/mol. The maximum atomic E-state index is 12.6. The van der Waals surface area contributed by atoms with Crippen LogP contribution in [0.25, 0.3) is 0 Å². The predicted octanol–water partition coefficient (Wildman–Crippen LogP) is 2.61. The van der Waals surface area contributed by atoms with Crippen LogP contribution in [-0.2, 0) is 4.74 Å². The minimum Gasteiger partial charge on any atom is -0.460 e. The van der Waals surface area contributed by atoms with Crippen LogP contribution in [0.2, 0.25) is 0 Å². The lowest BCUT2D eigenvalue weighted by atomic mass is 9.84. The van der Waals surface area contributed by atoms with E-state index in [1.54, 1.807) is 29.8 Å². The molecule has 25 heavy (non-hydrogen) atoms. The molecule has 0 saturated carbocycles. The number of nitrogens with zero attached hydrogens (tertiary/aromatic N) is 3. The number of hydrogen-bond acceptors (Lipinski definition) is 6. The van der Waals surface area contributed by atoms with Gasteiger partial charge in [0.05, 0.1) is 24.6 Å². The zero-order valence-corrected chi connectivity index (χ0v) is 15.2. The summed E-state index contributed by atoms with van der Waals surface area (Å²) in [5.41, 5.74) is 0.892. The first-order valence-corrected chi connectivity index (χ1v) is 9.30. The van der Waals surface area contributed by atoms with Crippen LogP contribution >= 0.6 is 11.3 Å². The monoisotopic (exact) mass is 359 g/mol. The van der Waals surface area contributed by atoms with E-state index in [2.05, 4.69) is 9.97 Å². The van der Waals surface area contributed by atoms with Crippen molar-refractivity contribution < 1.29 is 14.3 Å². The van der Waals surface area contributed by atoms with E-state index in [4.69, 9.17) is 9.47 Å². The van der Waals surface area contributed by atoms with Gasteiger partial charge >= 0.3 is 6.01 Å². The summed E-state index contributed by atoms with van der Waals surface area (Å²) >= 11 is 1.56. The minimum absolute atomic E-state index is 0.0274. The van der Waals surface area contributed by atoms with Gasteiger partial charge in [0.15, 0.2) is 0 Å². The van der Waals surface area contributed by atoms with Crippen LogP contribution in [0, 0.1) is 13.8 Å². The summed E-state index contributed by atoms with van der Waals surface area (Å²) in [6.45, 7) is 5.97. The maximum Gasteiger partial charge on any atom is 0.316 e. The van der Waals surface area contributed by atoms with Crippen molar-refractivity contribution >= 4 is 17.2 Å². The van der Waals surface area contributed by atoms with E-state index >= 15 is 0 Å². The molecule has 2 aromatic rings. The van der Waals surface area contributed by atoms with Crippen LogP contribution < -0.4 is 4.74 Å². The van der Waals surface area contributed by atoms with Gasteiger partial charge in [0.1, 0.15) is 11.7 Å². The molecule has 7 heteroatoms. The van der Waals surface area contributed by atoms with E-state index in [9.17, 15) is 4.79 Å². The molecular weight excluding hydrogens is 338 g/mol. The summed E-state index contributed by atoms with van der Waals surface area (Å²) < 4.78 is 11.9. The molecule has 0 aromatic carbocycles. The zero-order valence-electron chi connectivity index (χ0n) is 14.4. The highest BCUT2D eigenvalue weighted by atomic mass is 32.1. The van der Waals surface area contributed by atoms with E-state index < -0.39 is 0 Å². The summed E-state index contributed by atoms with van der Waals surface area (Å²) in [5, 5.41) is 0. The first kappa shape index (κ1) is 16.5. The Kier molecular flexibility index (Phi) is 4.21. The van der Waals surface area contributed by atoms with E-state index in [-0.39, 0.29) is 17.6 Å². The SMILES string of the molecule is Cc1cc(C(=O)N2CC3(C[C@@H](Oc4ncccn4)CCO3)C2)sc1C. The zero-order chi connectivity index (χ0) is 17.4. The quantitative estimate of drug-likeness (QED) is 0.843. The van der Waals surface area contributed by atoms with Gasteiger partial charge in [0.2, 0.25) is 0 Å². The molecule has 0 aliphatic carbocycles. The Morgan fingerprint density at radius 3 is 2.80 bits per heavy atom. The molecule has 2 fully saturated rings.